The average Bonchev–Trinajstić information content (AvgIpc) is 3.29. The summed E-state index contributed by atoms with van der Waals surface area (Å²) in [5, 5.41) is 5.90. The van der Waals surface area contributed by atoms with Gasteiger partial charge in [-0.25, -0.2) is 4.79 Å². The van der Waals surface area contributed by atoms with Gasteiger partial charge < -0.3 is 5.32 Å². The van der Waals surface area contributed by atoms with Crippen molar-refractivity contribution in [3.8, 4) is 0 Å². The van der Waals surface area contributed by atoms with Crippen LogP contribution in [0.4, 0.5) is 0 Å². The number of carbonyl (C=O) groups is 1. The van der Waals surface area contributed by atoms with E-state index in [1.165, 1.54) is 11.3 Å². The first-order valence-electron chi connectivity index (χ1n) is 10.4. The van der Waals surface area contributed by atoms with Crippen molar-refractivity contribution in [2.75, 3.05) is 6.54 Å². The number of aromatic nitrogens is 2. The number of amides is 1. The Morgan fingerprint density at radius 3 is 2.18 bits per heavy atom. The predicted molar refractivity (Wildman–Crippen MR) is 134 cm³/mol. The fourth-order valence-electron chi connectivity index (χ4n) is 3.55. The summed E-state index contributed by atoms with van der Waals surface area (Å²) in [5.41, 5.74) is 1.73. The van der Waals surface area contributed by atoms with Gasteiger partial charge in [0.25, 0.3) is 5.56 Å². The zero-order chi connectivity index (χ0) is 23.4. The first-order chi connectivity index (χ1) is 15.9. The number of halogens is 2. The van der Waals surface area contributed by atoms with Gasteiger partial charge in [-0.05, 0) is 53.3 Å². The molecule has 0 fully saturated rings. The van der Waals surface area contributed by atoms with Gasteiger partial charge in [0.2, 0.25) is 5.91 Å². The average molecular weight is 502 g/mol. The molecule has 6 nitrogen and oxygen atoms in total. The normalized spacial score (nSPS) is 11.1. The molecule has 2 heterocycles. The lowest BCUT2D eigenvalue weighted by Crippen LogP contribution is -2.41. The van der Waals surface area contributed by atoms with Crippen molar-refractivity contribution in [1.82, 2.24) is 14.5 Å². The SMILES string of the molecule is O=C(CCn1c(=O)c2sccc2n(Cc2ccc(Cl)cc2)c1=O)NCCc1ccc(Cl)cc1. The van der Waals surface area contributed by atoms with E-state index in [1.54, 1.807) is 40.3 Å². The van der Waals surface area contributed by atoms with Crippen LogP contribution in [0.25, 0.3) is 10.2 Å². The number of nitrogens with one attached hydrogen (secondary N) is 1. The van der Waals surface area contributed by atoms with E-state index < -0.39 is 5.69 Å². The number of hydrogen-bond acceptors (Lipinski definition) is 4. The van der Waals surface area contributed by atoms with Gasteiger partial charge in [-0.1, -0.05) is 47.5 Å². The third-order valence-corrected chi connectivity index (χ3v) is 6.70. The van der Waals surface area contributed by atoms with Crippen LogP contribution in [0.15, 0.2) is 69.6 Å². The van der Waals surface area contributed by atoms with Crippen LogP contribution >= 0.6 is 34.5 Å². The highest BCUT2D eigenvalue weighted by molar-refractivity contribution is 7.17. The zero-order valence-electron chi connectivity index (χ0n) is 17.6. The van der Waals surface area contributed by atoms with Gasteiger partial charge in [0.1, 0.15) is 4.70 Å². The Labute approximate surface area is 204 Å². The maximum absolute atomic E-state index is 13.2. The molecule has 9 heteroatoms. The van der Waals surface area contributed by atoms with Crippen molar-refractivity contribution in [3.63, 3.8) is 0 Å². The third-order valence-electron chi connectivity index (χ3n) is 5.30. The van der Waals surface area contributed by atoms with E-state index in [2.05, 4.69) is 5.32 Å². The number of benzene rings is 2. The van der Waals surface area contributed by atoms with Crippen LogP contribution < -0.4 is 16.6 Å². The highest BCUT2D eigenvalue weighted by Gasteiger charge is 2.15. The standard InChI is InChI=1S/C24H21Cl2N3O3S/c25-18-5-1-16(2-6-18)9-12-27-21(30)10-13-28-23(31)22-20(11-14-33-22)29(24(28)32)15-17-3-7-19(26)8-4-17/h1-8,11,14H,9-10,12-13,15H2,(H,27,30). The smallest absolute Gasteiger partial charge is 0.331 e. The second-order valence-electron chi connectivity index (χ2n) is 7.56. The second kappa shape index (κ2) is 10.4. The van der Waals surface area contributed by atoms with Gasteiger partial charge in [-0.15, -0.1) is 11.3 Å². The molecule has 33 heavy (non-hydrogen) atoms. The number of hydrogen-bond donors (Lipinski definition) is 1. The summed E-state index contributed by atoms with van der Waals surface area (Å²) in [6.07, 6.45) is 0.700. The van der Waals surface area contributed by atoms with E-state index in [-0.39, 0.29) is 24.4 Å². The first kappa shape index (κ1) is 23.3. The summed E-state index contributed by atoms with van der Waals surface area (Å²) >= 11 is 13.1. The van der Waals surface area contributed by atoms with Crippen molar-refractivity contribution in [2.45, 2.75) is 25.9 Å². The highest BCUT2D eigenvalue weighted by Crippen LogP contribution is 2.17. The molecule has 2 aromatic carbocycles. The Hall–Kier alpha value is -2.87. The van der Waals surface area contributed by atoms with Crippen molar-refractivity contribution in [2.24, 2.45) is 0 Å². The Morgan fingerprint density at radius 1 is 0.879 bits per heavy atom. The third kappa shape index (κ3) is 5.55. The minimum Gasteiger partial charge on any atom is -0.356 e. The number of rotatable bonds is 8. The molecule has 4 aromatic rings. The molecule has 0 radical (unpaired) electrons. The molecule has 0 spiro atoms. The topological polar surface area (TPSA) is 73.1 Å². The largest absolute Gasteiger partial charge is 0.356 e. The molecule has 0 unspecified atom stereocenters. The predicted octanol–water partition coefficient (Wildman–Crippen LogP) is 4.33. The van der Waals surface area contributed by atoms with Crippen LogP contribution in [0, 0.1) is 0 Å². The van der Waals surface area contributed by atoms with E-state index in [0.29, 0.717) is 39.8 Å². The maximum atomic E-state index is 13.2. The van der Waals surface area contributed by atoms with Crippen molar-refractivity contribution < 1.29 is 4.79 Å². The fourth-order valence-corrected chi connectivity index (χ4v) is 4.65. The fraction of sp³-hybridized carbons (Fsp3) is 0.208. The lowest BCUT2D eigenvalue weighted by molar-refractivity contribution is -0.121. The molecule has 1 N–H and O–H groups in total. The summed E-state index contributed by atoms with van der Waals surface area (Å²) in [6.45, 7) is 0.774. The van der Waals surface area contributed by atoms with Crippen molar-refractivity contribution >= 4 is 50.7 Å². The van der Waals surface area contributed by atoms with E-state index in [0.717, 1.165) is 15.7 Å². The summed E-state index contributed by atoms with van der Waals surface area (Å²) in [7, 11) is 0. The van der Waals surface area contributed by atoms with Crippen LogP contribution in [0.2, 0.25) is 10.0 Å². The van der Waals surface area contributed by atoms with Gasteiger partial charge in [0, 0.05) is 29.6 Å². The maximum Gasteiger partial charge on any atom is 0.331 e. The van der Waals surface area contributed by atoms with Crippen molar-refractivity contribution in [1.29, 1.82) is 0 Å². The molecule has 0 aliphatic heterocycles. The van der Waals surface area contributed by atoms with Crippen LogP contribution in [0.5, 0.6) is 0 Å². The summed E-state index contributed by atoms with van der Waals surface area (Å²) in [5.74, 6) is -0.217. The van der Waals surface area contributed by atoms with Crippen LogP contribution in [0.3, 0.4) is 0 Å². The molecule has 0 aliphatic carbocycles. The van der Waals surface area contributed by atoms with E-state index in [1.807, 2.05) is 24.3 Å². The zero-order valence-corrected chi connectivity index (χ0v) is 19.9. The van der Waals surface area contributed by atoms with Gasteiger partial charge in [0.05, 0.1) is 12.1 Å². The quantitative estimate of drug-likeness (QED) is 0.390. The molecule has 2 aromatic heterocycles. The van der Waals surface area contributed by atoms with Crippen LogP contribution in [-0.2, 0) is 24.3 Å². The minimum absolute atomic E-state index is 0.0128. The summed E-state index contributed by atoms with van der Waals surface area (Å²) in [4.78, 5) is 38.4. The van der Waals surface area contributed by atoms with Gasteiger partial charge >= 0.3 is 5.69 Å². The van der Waals surface area contributed by atoms with Gasteiger partial charge in [-0.3, -0.25) is 18.7 Å². The Morgan fingerprint density at radius 2 is 1.52 bits per heavy atom. The molecular formula is C24H21Cl2N3O3S. The van der Waals surface area contributed by atoms with Gasteiger partial charge in [-0.2, -0.15) is 0 Å². The van der Waals surface area contributed by atoms with Crippen LogP contribution in [0.1, 0.15) is 17.5 Å². The molecule has 0 bridgehead atoms. The first-order valence-corrected chi connectivity index (χ1v) is 12.0. The Kier molecular flexibility index (Phi) is 7.33. The second-order valence-corrected chi connectivity index (χ2v) is 9.35. The number of fused-ring (bicyclic) bond motifs is 1. The molecular weight excluding hydrogens is 481 g/mol. The Balaban J connectivity index is 1.47. The van der Waals surface area contributed by atoms with Crippen LogP contribution in [-0.4, -0.2) is 21.6 Å². The number of carbonyl (C=O) groups excluding carboxylic acids is 1. The number of thiophene rings is 1. The molecule has 0 saturated heterocycles. The number of nitrogens with zero attached hydrogens (tertiary/aromatic N) is 2. The minimum atomic E-state index is -0.435. The van der Waals surface area contributed by atoms with Crippen molar-refractivity contribution in [3.05, 3.63) is 102 Å². The van der Waals surface area contributed by atoms with E-state index in [9.17, 15) is 14.4 Å². The highest BCUT2D eigenvalue weighted by atomic mass is 35.5. The Bertz CT molecular complexity index is 1390. The van der Waals surface area contributed by atoms with E-state index >= 15 is 0 Å². The lowest BCUT2D eigenvalue weighted by Gasteiger charge is -2.12. The molecule has 0 atom stereocenters. The summed E-state index contributed by atoms with van der Waals surface area (Å²) in [6, 6.07) is 16.4. The molecule has 0 saturated carbocycles. The molecule has 4 rings (SSSR count). The lowest BCUT2D eigenvalue weighted by atomic mass is 10.1. The van der Waals surface area contributed by atoms with Gasteiger partial charge in [0.15, 0.2) is 0 Å². The molecule has 170 valence electrons. The molecule has 0 aliphatic rings. The monoisotopic (exact) mass is 501 g/mol. The van der Waals surface area contributed by atoms with E-state index in [4.69, 9.17) is 23.2 Å². The molecule has 1 amide bonds. The summed E-state index contributed by atoms with van der Waals surface area (Å²) < 4.78 is 3.20.